The molecule has 4 aromatic rings. The van der Waals surface area contributed by atoms with Crippen LogP contribution >= 0.6 is 7.60 Å². The summed E-state index contributed by atoms with van der Waals surface area (Å²) in [4.78, 5) is 34.7. The minimum Gasteiger partial charge on any atom is -0.321 e. The highest BCUT2D eigenvalue weighted by Crippen LogP contribution is 2.37. The molecule has 6 heteroatoms. The lowest BCUT2D eigenvalue weighted by atomic mass is 9.93. The zero-order chi connectivity index (χ0) is 21.3. The summed E-state index contributed by atoms with van der Waals surface area (Å²) in [6.45, 7) is 1.57. The average Bonchev–Trinajstić information content (AvgIpc) is 2.70. The number of hydrogen-bond donors (Lipinski definition) is 2. The second-order valence-corrected chi connectivity index (χ2v) is 8.74. The minimum atomic E-state index is -4.28. The van der Waals surface area contributed by atoms with Crippen LogP contribution in [0.5, 0.6) is 0 Å². The van der Waals surface area contributed by atoms with Crippen molar-refractivity contribution in [2.24, 2.45) is 0 Å². The molecule has 2 N–H and O–H groups in total. The molecule has 0 atom stereocenters. The third kappa shape index (κ3) is 4.39. The van der Waals surface area contributed by atoms with E-state index in [0.717, 1.165) is 38.7 Å². The first kappa shape index (κ1) is 20.2. The zero-order valence-corrected chi connectivity index (χ0v) is 17.2. The Balaban J connectivity index is 2.00. The lowest BCUT2D eigenvalue weighted by Gasteiger charge is -2.13. The van der Waals surface area contributed by atoms with Crippen molar-refractivity contribution in [3.05, 3.63) is 83.8 Å². The third-order valence-electron chi connectivity index (χ3n) is 4.85. The molecule has 0 fully saturated rings. The molecule has 0 saturated carbocycles. The van der Waals surface area contributed by atoms with Crippen molar-refractivity contribution in [1.82, 2.24) is 4.98 Å². The van der Waals surface area contributed by atoms with Gasteiger partial charge < -0.3 is 9.79 Å². The molecule has 5 nitrogen and oxygen atoms in total. The fourth-order valence-electron chi connectivity index (χ4n) is 3.63. The number of nitrogens with zero attached hydrogens (tertiary/aromatic N) is 1. The number of ketones is 1. The summed E-state index contributed by atoms with van der Waals surface area (Å²) < 4.78 is 11.2. The fourth-order valence-corrected chi connectivity index (χ4v) is 3.98. The summed E-state index contributed by atoms with van der Waals surface area (Å²) in [6, 6.07) is 21.6. The van der Waals surface area contributed by atoms with Crippen LogP contribution in [0.25, 0.3) is 38.9 Å². The Morgan fingerprint density at radius 1 is 0.967 bits per heavy atom. The van der Waals surface area contributed by atoms with E-state index in [-0.39, 0.29) is 5.78 Å². The molecular formula is C24H20NO4P. The van der Waals surface area contributed by atoms with E-state index in [9.17, 15) is 9.36 Å². The topological polar surface area (TPSA) is 87.5 Å². The summed E-state index contributed by atoms with van der Waals surface area (Å²) in [7, 11) is -4.28. The first-order chi connectivity index (χ1) is 14.3. The van der Waals surface area contributed by atoms with E-state index in [0.29, 0.717) is 17.6 Å². The molecule has 1 heterocycles. The average molecular weight is 417 g/mol. The molecule has 0 saturated heterocycles. The standard InChI is InChI=1S/C24H20NO4P/c1-16(26)13-17-14-19-9-10-20(11-12-30(27,28)29)25-24(19)23(15-17)22-8-4-6-18-5-2-3-7-21(18)22/h2-12,14-15H,13H2,1H3,(H2,27,28,29)/b12-11+. The Bertz CT molecular complexity index is 1350. The number of pyridine rings is 1. The highest BCUT2D eigenvalue weighted by molar-refractivity contribution is 7.55. The number of hydrogen-bond acceptors (Lipinski definition) is 3. The number of rotatable bonds is 5. The van der Waals surface area contributed by atoms with Gasteiger partial charge in [-0.3, -0.25) is 9.36 Å². The van der Waals surface area contributed by atoms with Gasteiger partial charge in [0.15, 0.2) is 0 Å². The van der Waals surface area contributed by atoms with Crippen molar-refractivity contribution >= 4 is 41.1 Å². The largest absolute Gasteiger partial charge is 0.349 e. The second-order valence-electron chi connectivity index (χ2n) is 7.26. The number of carbonyl (C=O) groups excluding carboxylic acids is 1. The molecular weight excluding hydrogens is 397 g/mol. The van der Waals surface area contributed by atoms with Gasteiger partial charge in [-0.15, -0.1) is 0 Å². The van der Waals surface area contributed by atoms with Gasteiger partial charge in [0.2, 0.25) is 0 Å². The summed E-state index contributed by atoms with van der Waals surface area (Å²) in [5.74, 6) is 0.926. The van der Waals surface area contributed by atoms with E-state index < -0.39 is 7.60 Å². The normalized spacial score (nSPS) is 12.1. The molecule has 0 aliphatic heterocycles. The van der Waals surface area contributed by atoms with Gasteiger partial charge in [-0.25, -0.2) is 4.98 Å². The van der Waals surface area contributed by atoms with Crippen LogP contribution < -0.4 is 0 Å². The molecule has 0 spiro atoms. The van der Waals surface area contributed by atoms with Crippen molar-refractivity contribution in [1.29, 1.82) is 0 Å². The van der Waals surface area contributed by atoms with Crippen LogP contribution in [-0.4, -0.2) is 20.6 Å². The molecule has 0 unspecified atom stereocenters. The van der Waals surface area contributed by atoms with Crippen LogP contribution in [0.15, 0.2) is 72.5 Å². The van der Waals surface area contributed by atoms with Crippen molar-refractivity contribution in [2.45, 2.75) is 13.3 Å². The Hall–Kier alpha value is -3.11. The molecule has 0 radical (unpaired) electrons. The maximum atomic E-state index is 11.7. The second kappa shape index (κ2) is 7.96. The molecule has 4 rings (SSSR count). The van der Waals surface area contributed by atoms with E-state index in [1.54, 1.807) is 13.0 Å². The number of carbonyl (C=O) groups is 1. The summed E-state index contributed by atoms with van der Waals surface area (Å²) in [5, 5.41) is 3.03. The van der Waals surface area contributed by atoms with Gasteiger partial charge >= 0.3 is 7.60 Å². The SMILES string of the molecule is CC(=O)Cc1cc(-c2cccc3ccccc23)c2nc(/C=C/P(=O)(O)O)ccc2c1. The summed E-state index contributed by atoms with van der Waals surface area (Å²) >= 11 is 0. The van der Waals surface area contributed by atoms with Gasteiger partial charge in [0.25, 0.3) is 0 Å². The lowest BCUT2D eigenvalue weighted by Crippen LogP contribution is -1.98. The first-order valence-corrected chi connectivity index (χ1v) is 11.1. The molecule has 0 amide bonds. The van der Waals surface area contributed by atoms with Crippen molar-refractivity contribution in [2.75, 3.05) is 0 Å². The Kier molecular flexibility index (Phi) is 5.35. The number of benzene rings is 3. The van der Waals surface area contributed by atoms with Crippen molar-refractivity contribution in [3.8, 4) is 11.1 Å². The van der Waals surface area contributed by atoms with Crippen LogP contribution in [-0.2, 0) is 15.8 Å². The maximum Gasteiger partial charge on any atom is 0.349 e. The van der Waals surface area contributed by atoms with Gasteiger partial charge in [0, 0.05) is 23.2 Å². The molecule has 0 aliphatic rings. The zero-order valence-electron chi connectivity index (χ0n) is 16.3. The van der Waals surface area contributed by atoms with Crippen LogP contribution in [0.4, 0.5) is 0 Å². The third-order valence-corrected chi connectivity index (χ3v) is 5.38. The van der Waals surface area contributed by atoms with Crippen LogP contribution in [0.2, 0.25) is 0 Å². The lowest BCUT2D eigenvalue weighted by molar-refractivity contribution is -0.116. The van der Waals surface area contributed by atoms with Crippen LogP contribution in [0.1, 0.15) is 18.2 Å². The Morgan fingerprint density at radius 2 is 1.73 bits per heavy atom. The molecule has 30 heavy (non-hydrogen) atoms. The summed E-state index contributed by atoms with van der Waals surface area (Å²) in [5.41, 5.74) is 3.94. The highest BCUT2D eigenvalue weighted by atomic mass is 31.2. The molecule has 3 aromatic carbocycles. The predicted molar refractivity (Wildman–Crippen MR) is 120 cm³/mol. The Morgan fingerprint density at radius 3 is 2.50 bits per heavy atom. The molecule has 0 bridgehead atoms. The highest BCUT2D eigenvalue weighted by Gasteiger charge is 2.13. The van der Waals surface area contributed by atoms with Crippen molar-refractivity contribution < 1.29 is 19.1 Å². The molecule has 1 aromatic heterocycles. The van der Waals surface area contributed by atoms with E-state index in [2.05, 4.69) is 4.98 Å². The van der Waals surface area contributed by atoms with Crippen LogP contribution in [0.3, 0.4) is 0 Å². The number of Topliss-reactive ketones (excluding diaryl/α,β-unsaturated/α-hetero) is 1. The molecule has 0 aliphatic carbocycles. The Labute approximate surface area is 173 Å². The number of fused-ring (bicyclic) bond motifs is 2. The first-order valence-electron chi connectivity index (χ1n) is 9.46. The summed E-state index contributed by atoms with van der Waals surface area (Å²) in [6.07, 6.45) is 1.66. The van der Waals surface area contributed by atoms with Crippen LogP contribution in [0, 0.1) is 0 Å². The van der Waals surface area contributed by atoms with E-state index >= 15 is 0 Å². The van der Waals surface area contributed by atoms with Gasteiger partial charge in [-0.05, 0) is 53.1 Å². The van der Waals surface area contributed by atoms with Gasteiger partial charge in [-0.1, -0.05) is 48.5 Å². The molecule has 150 valence electrons. The van der Waals surface area contributed by atoms with E-state index in [1.165, 1.54) is 6.08 Å². The maximum absolute atomic E-state index is 11.7. The smallest absolute Gasteiger partial charge is 0.321 e. The van der Waals surface area contributed by atoms with E-state index in [4.69, 9.17) is 9.79 Å². The monoisotopic (exact) mass is 417 g/mol. The minimum absolute atomic E-state index is 0.0763. The number of aromatic nitrogens is 1. The van der Waals surface area contributed by atoms with E-state index in [1.807, 2.05) is 60.7 Å². The predicted octanol–water partition coefficient (Wildman–Crippen LogP) is 5.33. The van der Waals surface area contributed by atoms with Gasteiger partial charge in [0.1, 0.15) is 5.78 Å². The van der Waals surface area contributed by atoms with Crippen molar-refractivity contribution in [3.63, 3.8) is 0 Å². The van der Waals surface area contributed by atoms with Gasteiger partial charge in [0.05, 0.1) is 11.2 Å². The fraction of sp³-hybridized carbons (Fsp3) is 0.0833. The van der Waals surface area contributed by atoms with Gasteiger partial charge in [-0.2, -0.15) is 0 Å². The quantitative estimate of drug-likeness (QED) is 0.428.